The summed E-state index contributed by atoms with van der Waals surface area (Å²) in [6.45, 7) is 2.14. The maximum Gasteiger partial charge on any atom is 0.307 e. The second kappa shape index (κ2) is 3.83. The number of rotatable bonds is 5. The Labute approximate surface area is 89.0 Å². The van der Waals surface area contributed by atoms with Crippen LogP contribution < -0.4 is 5.32 Å². The summed E-state index contributed by atoms with van der Waals surface area (Å²) in [4.78, 5) is 22.1. The zero-order chi connectivity index (χ0) is 11.0. The highest BCUT2D eigenvalue weighted by molar-refractivity contribution is 5.89. The molecule has 2 aliphatic rings. The molecule has 0 spiro atoms. The maximum absolute atomic E-state index is 11.5. The minimum absolute atomic E-state index is 0.0500. The van der Waals surface area contributed by atoms with Crippen LogP contribution in [0.3, 0.4) is 0 Å². The summed E-state index contributed by atoms with van der Waals surface area (Å²) < 4.78 is 0. The summed E-state index contributed by atoms with van der Waals surface area (Å²) in [7, 11) is 0. The number of carboxylic acid groups (broad SMARTS) is 1. The van der Waals surface area contributed by atoms with Gasteiger partial charge >= 0.3 is 5.97 Å². The fourth-order valence-electron chi connectivity index (χ4n) is 2.16. The molecular formula is C11H17NO3. The van der Waals surface area contributed by atoms with Crippen LogP contribution in [-0.4, -0.2) is 23.0 Å². The largest absolute Gasteiger partial charge is 0.481 e. The molecule has 2 rings (SSSR count). The van der Waals surface area contributed by atoms with Gasteiger partial charge in [0.2, 0.25) is 5.91 Å². The van der Waals surface area contributed by atoms with E-state index in [9.17, 15) is 9.59 Å². The molecule has 0 heterocycles. The van der Waals surface area contributed by atoms with Crippen LogP contribution in [0.4, 0.5) is 0 Å². The number of amides is 1. The Morgan fingerprint density at radius 2 is 2.07 bits per heavy atom. The first kappa shape index (κ1) is 10.5. The summed E-state index contributed by atoms with van der Waals surface area (Å²) in [6.07, 6.45) is 3.91. The second-order valence-corrected chi connectivity index (χ2v) is 4.69. The molecule has 2 aliphatic carbocycles. The van der Waals surface area contributed by atoms with Gasteiger partial charge in [-0.05, 0) is 25.2 Å². The molecule has 2 N–H and O–H groups in total. The summed E-state index contributed by atoms with van der Waals surface area (Å²) in [5.74, 6) is -0.929. The molecule has 0 aliphatic heterocycles. The Balaban J connectivity index is 1.69. The highest BCUT2D eigenvalue weighted by Crippen LogP contribution is 2.41. The van der Waals surface area contributed by atoms with Crippen molar-refractivity contribution in [3.63, 3.8) is 0 Å². The van der Waals surface area contributed by atoms with Crippen molar-refractivity contribution < 1.29 is 14.7 Å². The molecule has 4 atom stereocenters. The SMILES string of the molecule is CCCC1CC1NC(=O)C1CC1C(=O)O. The predicted molar refractivity (Wildman–Crippen MR) is 54.2 cm³/mol. The number of carboxylic acids is 1. The highest BCUT2D eigenvalue weighted by atomic mass is 16.4. The molecule has 0 aromatic carbocycles. The Morgan fingerprint density at radius 3 is 2.60 bits per heavy atom. The molecule has 2 saturated carbocycles. The number of hydrogen-bond acceptors (Lipinski definition) is 2. The average molecular weight is 211 g/mol. The van der Waals surface area contributed by atoms with E-state index in [-0.39, 0.29) is 11.8 Å². The first-order valence-corrected chi connectivity index (χ1v) is 5.66. The lowest BCUT2D eigenvalue weighted by Crippen LogP contribution is -2.29. The molecule has 0 aromatic heterocycles. The van der Waals surface area contributed by atoms with Gasteiger partial charge in [0.25, 0.3) is 0 Å². The summed E-state index contributed by atoms with van der Waals surface area (Å²) in [5, 5.41) is 11.6. The lowest BCUT2D eigenvalue weighted by atomic mass is 10.2. The van der Waals surface area contributed by atoms with Crippen molar-refractivity contribution in [3.05, 3.63) is 0 Å². The lowest BCUT2D eigenvalue weighted by Gasteiger charge is -2.02. The zero-order valence-electron chi connectivity index (χ0n) is 8.90. The number of carbonyl (C=O) groups is 2. The van der Waals surface area contributed by atoms with Crippen molar-refractivity contribution in [1.29, 1.82) is 0 Å². The van der Waals surface area contributed by atoms with Crippen molar-refractivity contribution in [3.8, 4) is 0 Å². The normalized spacial score (nSPS) is 37.1. The molecule has 2 fully saturated rings. The van der Waals surface area contributed by atoms with Gasteiger partial charge in [-0.25, -0.2) is 0 Å². The van der Waals surface area contributed by atoms with Gasteiger partial charge in [-0.15, -0.1) is 0 Å². The van der Waals surface area contributed by atoms with Crippen LogP contribution in [0, 0.1) is 17.8 Å². The van der Waals surface area contributed by atoms with Crippen LogP contribution in [0.25, 0.3) is 0 Å². The number of hydrogen-bond donors (Lipinski definition) is 2. The second-order valence-electron chi connectivity index (χ2n) is 4.69. The van der Waals surface area contributed by atoms with E-state index >= 15 is 0 Å². The molecule has 84 valence electrons. The minimum atomic E-state index is -0.837. The highest BCUT2D eigenvalue weighted by Gasteiger charge is 2.50. The standard InChI is InChI=1S/C11H17NO3/c1-2-3-6-4-9(6)12-10(13)7-5-8(7)11(14)15/h6-9H,2-5H2,1H3,(H,12,13)(H,14,15). The van der Waals surface area contributed by atoms with Crippen molar-refractivity contribution >= 4 is 11.9 Å². The van der Waals surface area contributed by atoms with Gasteiger partial charge in [0.05, 0.1) is 11.8 Å². The van der Waals surface area contributed by atoms with E-state index in [4.69, 9.17) is 5.11 Å². The molecule has 1 amide bonds. The monoisotopic (exact) mass is 211 g/mol. The topological polar surface area (TPSA) is 66.4 Å². The van der Waals surface area contributed by atoms with Crippen molar-refractivity contribution in [1.82, 2.24) is 5.32 Å². The van der Waals surface area contributed by atoms with Gasteiger partial charge in [0.1, 0.15) is 0 Å². The maximum atomic E-state index is 11.5. The molecule has 0 saturated heterocycles. The number of nitrogens with one attached hydrogen (secondary N) is 1. The van der Waals surface area contributed by atoms with E-state index in [0.717, 1.165) is 19.3 Å². The Hall–Kier alpha value is -1.06. The third kappa shape index (κ3) is 2.30. The van der Waals surface area contributed by atoms with Crippen LogP contribution in [0.15, 0.2) is 0 Å². The molecule has 0 bridgehead atoms. The van der Waals surface area contributed by atoms with E-state index in [2.05, 4.69) is 12.2 Å². The molecule has 15 heavy (non-hydrogen) atoms. The predicted octanol–water partition coefficient (Wildman–Crippen LogP) is 1.01. The summed E-state index contributed by atoms with van der Waals surface area (Å²) >= 11 is 0. The number of carbonyl (C=O) groups excluding carboxylic acids is 1. The third-order valence-corrected chi connectivity index (χ3v) is 3.35. The summed E-state index contributed by atoms with van der Waals surface area (Å²) in [6, 6.07) is 0.326. The quantitative estimate of drug-likeness (QED) is 0.713. The zero-order valence-corrected chi connectivity index (χ0v) is 8.90. The Bertz CT molecular complexity index is 290. The van der Waals surface area contributed by atoms with E-state index in [1.165, 1.54) is 0 Å². The fourth-order valence-corrected chi connectivity index (χ4v) is 2.16. The van der Waals surface area contributed by atoms with Gasteiger partial charge in [0, 0.05) is 6.04 Å². The van der Waals surface area contributed by atoms with E-state index in [1.807, 2.05) is 0 Å². The molecule has 4 heteroatoms. The fraction of sp³-hybridized carbons (Fsp3) is 0.818. The van der Waals surface area contributed by atoms with E-state index in [0.29, 0.717) is 18.4 Å². The van der Waals surface area contributed by atoms with E-state index < -0.39 is 11.9 Å². The molecule has 0 aromatic rings. The minimum Gasteiger partial charge on any atom is -0.481 e. The van der Waals surface area contributed by atoms with Crippen LogP contribution in [0.2, 0.25) is 0 Å². The summed E-state index contributed by atoms with van der Waals surface area (Å²) in [5.41, 5.74) is 0. The smallest absolute Gasteiger partial charge is 0.307 e. The van der Waals surface area contributed by atoms with Gasteiger partial charge in [-0.3, -0.25) is 9.59 Å². The van der Waals surface area contributed by atoms with Gasteiger partial charge < -0.3 is 10.4 Å². The first-order valence-electron chi connectivity index (χ1n) is 5.66. The van der Waals surface area contributed by atoms with Crippen LogP contribution in [0.1, 0.15) is 32.6 Å². The van der Waals surface area contributed by atoms with Crippen LogP contribution in [0.5, 0.6) is 0 Å². The van der Waals surface area contributed by atoms with Crippen molar-refractivity contribution in [2.45, 2.75) is 38.6 Å². The van der Waals surface area contributed by atoms with Crippen molar-refractivity contribution in [2.24, 2.45) is 17.8 Å². The average Bonchev–Trinajstić information content (AvgIpc) is 2.99. The first-order chi connectivity index (χ1) is 7.13. The van der Waals surface area contributed by atoms with Crippen molar-refractivity contribution in [2.75, 3.05) is 0 Å². The van der Waals surface area contributed by atoms with Gasteiger partial charge in [-0.1, -0.05) is 13.3 Å². The molecule has 4 nitrogen and oxygen atoms in total. The molecule has 4 unspecified atom stereocenters. The lowest BCUT2D eigenvalue weighted by molar-refractivity contribution is -0.140. The van der Waals surface area contributed by atoms with Gasteiger partial charge in [-0.2, -0.15) is 0 Å². The van der Waals surface area contributed by atoms with E-state index in [1.54, 1.807) is 0 Å². The Morgan fingerprint density at radius 1 is 1.33 bits per heavy atom. The molecular weight excluding hydrogens is 194 g/mol. The number of aliphatic carboxylic acids is 1. The third-order valence-electron chi connectivity index (χ3n) is 3.35. The molecule has 0 radical (unpaired) electrons. The van der Waals surface area contributed by atoms with Gasteiger partial charge in [0.15, 0.2) is 0 Å². The Kier molecular flexibility index (Phi) is 2.67. The van der Waals surface area contributed by atoms with Crippen LogP contribution >= 0.6 is 0 Å². The van der Waals surface area contributed by atoms with Crippen LogP contribution in [-0.2, 0) is 9.59 Å².